The first-order valence-electron chi connectivity index (χ1n) is 6.60. The van der Waals surface area contributed by atoms with Crippen LogP contribution in [-0.4, -0.2) is 38.4 Å². The van der Waals surface area contributed by atoms with Gasteiger partial charge in [0.05, 0.1) is 0 Å². The highest BCUT2D eigenvalue weighted by atomic mass is 16.2. The molecule has 1 fully saturated rings. The van der Waals surface area contributed by atoms with Crippen LogP contribution in [0.15, 0.2) is 18.3 Å². The number of likely N-dealkylation sites (tertiary alicyclic amines) is 1. The molecule has 19 heavy (non-hydrogen) atoms. The van der Waals surface area contributed by atoms with Gasteiger partial charge in [-0.1, -0.05) is 0 Å². The molecule has 0 aromatic carbocycles. The molecule has 6 nitrogen and oxygen atoms in total. The Labute approximate surface area is 111 Å². The number of hydrogen-bond acceptors (Lipinski definition) is 4. The molecule has 1 saturated heterocycles. The van der Waals surface area contributed by atoms with Crippen molar-refractivity contribution in [2.75, 3.05) is 18.8 Å². The highest BCUT2D eigenvalue weighted by Gasteiger charge is 2.19. The number of aromatic nitrogens is 3. The summed E-state index contributed by atoms with van der Waals surface area (Å²) in [6.45, 7) is 1.91. The van der Waals surface area contributed by atoms with Gasteiger partial charge >= 0.3 is 0 Å². The first kappa shape index (κ1) is 12.0. The highest BCUT2D eigenvalue weighted by molar-refractivity contribution is 5.80. The van der Waals surface area contributed by atoms with E-state index in [9.17, 15) is 4.79 Å². The van der Waals surface area contributed by atoms with Crippen molar-refractivity contribution in [2.45, 2.75) is 25.8 Å². The Hall–Kier alpha value is -2.11. The lowest BCUT2D eigenvalue weighted by Crippen LogP contribution is -2.37. The molecule has 0 spiro atoms. The molecule has 1 aliphatic heterocycles. The van der Waals surface area contributed by atoms with Crippen LogP contribution in [0.25, 0.3) is 11.2 Å². The van der Waals surface area contributed by atoms with Crippen molar-refractivity contribution in [1.82, 2.24) is 19.4 Å². The lowest BCUT2D eigenvalue weighted by molar-refractivity contribution is -0.132. The zero-order valence-corrected chi connectivity index (χ0v) is 10.7. The van der Waals surface area contributed by atoms with Gasteiger partial charge in [-0.25, -0.2) is 9.97 Å². The van der Waals surface area contributed by atoms with Gasteiger partial charge in [-0.15, -0.1) is 0 Å². The molecule has 0 saturated carbocycles. The minimum atomic E-state index is 0.0938. The third-order valence-corrected chi connectivity index (χ3v) is 3.54. The average Bonchev–Trinajstić information content (AvgIpc) is 2.76. The number of imidazole rings is 1. The first-order chi connectivity index (χ1) is 9.25. The van der Waals surface area contributed by atoms with Crippen molar-refractivity contribution < 1.29 is 4.79 Å². The predicted octanol–water partition coefficient (Wildman–Crippen LogP) is 1.03. The van der Waals surface area contributed by atoms with Gasteiger partial charge in [0.15, 0.2) is 5.65 Å². The first-order valence-corrected chi connectivity index (χ1v) is 6.60. The van der Waals surface area contributed by atoms with Gasteiger partial charge < -0.3 is 10.6 Å². The molecule has 0 aliphatic carbocycles. The van der Waals surface area contributed by atoms with Crippen LogP contribution in [0.3, 0.4) is 0 Å². The number of nitrogens with zero attached hydrogens (tertiary/aromatic N) is 4. The predicted molar refractivity (Wildman–Crippen MR) is 72.4 cm³/mol. The quantitative estimate of drug-likeness (QED) is 0.873. The summed E-state index contributed by atoms with van der Waals surface area (Å²) in [6.07, 6.45) is 5.07. The number of hydrogen-bond donors (Lipinski definition) is 1. The monoisotopic (exact) mass is 259 g/mol. The van der Waals surface area contributed by atoms with Crippen molar-refractivity contribution >= 4 is 23.0 Å². The lowest BCUT2D eigenvalue weighted by atomic mass is 10.1. The molecule has 6 heteroatoms. The van der Waals surface area contributed by atoms with Gasteiger partial charge in [-0.3, -0.25) is 9.36 Å². The fourth-order valence-corrected chi connectivity index (χ4v) is 2.51. The summed E-state index contributed by atoms with van der Waals surface area (Å²) in [5, 5.41) is 0. The molecule has 2 aromatic rings. The van der Waals surface area contributed by atoms with Crippen LogP contribution in [0.1, 0.15) is 19.3 Å². The van der Waals surface area contributed by atoms with E-state index >= 15 is 0 Å². The van der Waals surface area contributed by atoms with Gasteiger partial charge in [-0.05, 0) is 31.4 Å². The van der Waals surface area contributed by atoms with Crippen molar-refractivity contribution in [3.8, 4) is 0 Å². The molecule has 0 radical (unpaired) electrons. The van der Waals surface area contributed by atoms with Crippen LogP contribution in [0.5, 0.6) is 0 Å². The summed E-state index contributed by atoms with van der Waals surface area (Å²) in [5.41, 5.74) is 7.27. The number of nitrogen functional groups attached to an aromatic ring is 1. The molecular formula is C13H17N5O. The number of nitrogens with two attached hydrogens (primary N) is 1. The van der Waals surface area contributed by atoms with E-state index < -0.39 is 0 Å². The number of rotatable bonds is 2. The number of anilines is 1. The maximum atomic E-state index is 12.3. The number of fused-ring (bicyclic) bond motifs is 1. The number of pyridine rings is 1. The molecule has 3 rings (SSSR count). The Kier molecular flexibility index (Phi) is 3.06. The molecule has 0 unspecified atom stereocenters. The van der Waals surface area contributed by atoms with E-state index in [0.717, 1.165) is 31.4 Å². The summed E-state index contributed by atoms with van der Waals surface area (Å²) in [7, 11) is 0. The van der Waals surface area contributed by atoms with E-state index in [0.29, 0.717) is 11.6 Å². The number of carbonyl (C=O) groups is 1. The van der Waals surface area contributed by atoms with Crippen molar-refractivity contribution in [3.05, 3.63) is 18.3 Å². The van der Waals surface area contributed by atoms with E-state index in [2.05, 4.69) is 9.97 Å². The third kappa shape index (κ3) is 2.25. The SMILES string of the molecule is Nc1nc2cccnc2n1CC(=O)N1CCCCC1. The standard InChI is InChI=1S/C13H17N5O/c14-13-16-10-5-4-6-15-12(10)18(13)9-11(19)17-7-2-1-3-8-17/h4-6H,1-3,7-9H2,(H2,14,16). The number of amides is 1. The van der Waals surface area contributed by atoms with Crippen LogP contribution < -0.4 is 5.73 Å². The third-order valence-electron chi connectivity index (χ3n) is 3.54. The fourth-order valence-electron chi connectivity index (χ4n) is 2.51. The second kappa shape index (κ2) is 4.87. The van der Waals surface area contributed by atoms with Crippen LogP contribution in [0.2, 0.25) is 0 Å². The second-order valence-electron chi connectivity index (χ2n) is 4.84. The molecule has 1 amide bonds. The maximum Gasteiger partial charge on any atom is 0.242 e. The smallest absolute Gasteiger partial charge is 0.242 e. The zero-order chi connectivity index (χ0) is 13.2. The van der Waals surface area contributed by atoms with E-state index in [1.54, 1.807) is 10.8 Å². The summed E-state index contributed by atoms with van der Waals surface area (Å²) in [6, 6.07) is 3.66. The topological polar surface area (TPSA) is 77.0 Å². The van der Waals surface area contributed by atoms with Gasteiger partial charge in [0.1, 0.15) is 12.1 Å². The van der Waals surface area contributed by atoms with Crippen LogP contribution in [0.4, 0.5) is 5.95 Å². The largest absolute Gasteiger partial charge is 0.369 e. The minimum absolute atomic E-state index is 0.0938. The number of piperidine rings is 1. The van der Waals surface area contributed by atoms with Crippen LogP contribution in [0, 0.1) is 0 Å². The van der Waals surface area contributed by atoms with Gasteiger partial charge in [-0.2, -0.15) is 0 Å². The molecule has 0 bridgehead atoms. The van der Waals surface area contributed by atoms with Gasteiger partial charge in [0.25, 0.3) is 0 Å². The Morgan fingerprint density at radius 3 is 2.89 bits per heavy atom. The van der Waals surface area contributed by atoms with Crippen molar-refractivity contribution in [2.24, 2.45) is 0 Å². The molecule has 3 heterocycles. The number of carbonyl (C=O) groups excluding carboxylic acids is 1. The second-order valence-corrected chi connectivity index (χ2v) is 4.84. The molecular weight excluding hydrogens is 242 g/mol. The normalized spacial score (nSPS) is 15.9. The van der Waals surface area contributed by atoms with Gasteiger partial charge in [0.2, 0.25) is 11.9 Å². The average molecular weight is 259 g/mol. The summed E-state index contributed by atoms with van der Waals surface area (Å²) >= 11 is 0. The summed E-state index contributed by atoms with van der Waals surface area (Å²) in [5.74, 6) is 0.440. The Balaban J connectivity index is 1.84. The van der Waals surface area contributed by atoms with E-state index in [1.807, 2.05) is 17.0 Å². The van der Waals surface area contributed by atoms with Crippen molar-refractivity contribution in [3.63, 3.8) is 0 Å². The molecule has 2 N–H and O–H groups in total. The molecule has 0 atom stereocenters. The van der Waals surface area contributed by atoms with Gasteiger partial charge in [0, 0.05) is 19.3 Å². The molecule has 1 aliphatic rings. The van der Waals surface area contributed by atoms with Crippen LogP contribution in [-0.2, 0) is 11.3 Å². The highest BCUT2D eigenvalue weighted by Crippen LogP contribution is 2.16. The van der Waals surface area contributed by atoms with Crippen molar-refractivity contribution in [1.29, 1.82) is 0 Å². The van der Waals surface area contributed by atoms with Crippen LogP contribution >= 0.6 is 0 Å². The Morgan fingerprint density at radius 1 is 1.32 bits per heavy atom. The summed E-state index contributed by atoms with van der Waals surface area (Å²) < 4.78 is 1.69. The molecule has 2 aromatic heterocycles. The zero-order valence-electron chi connectivity index (χ0n) is 10.7. The Morgan fingerprint density at radius 2 is 2.11 bits per heavy atom. The lowest BCUT2D eigenvalue weighted by Gasteiger charge is -2.26. The van der Waals surface area contributed by atoms with E-state index in [-0.39, 0.29) is 12.5 Å². The van der Waals surface area contributed by atoms with E-state index in [4.69, 9.17) is 5.73 Å². The minimum Gasteiger partial charge on any atom is -0.369 e. The Bertz CT molecular complexity index is 600. The molecule has 100 valence electrons. The van der Waals surface area contributed by atoms with E-state index in [1.165, 1.54) is 6.42 Å². The summed E-state index contributed by atoms with van der Waals surface area (Å²) in [4.78, 5) is 22.6. The fraction of sp³-hybridized carbons (Fsp3) is 0.462. The maximum absolute atomic E-state index is 12.3.